The minimum atomic E-state index is -1.55. The summed E-state index contributed by atoms with van der Waals surface area (Å²) in [4.78, 5) is 4.90. The summed E-state index contributed by atoms with van der Waals surface area (Å²) in [5, 5.41) is 8.86. The van der Waals surface area contributed by atoms with Gasteiger partial charge in [0.2, 0.25) is 0 Å². The minimum Gasteiger partial charge on any atom is -0.375 e. The molecule has 0 saturated carbocycles. The van der Waals surface area contributed by atoms with Gasteiger partial charge in [0.05, 0.1) is 17.8 Å². The van der Waals surface area contributed by atoms with Crippen molar-refractivity contribution in [1.29, 1.82) is 0 Å². The van der Waals surface area contributed by atoms with E-state index in [0.717, 1.165) is 22.6 Å². The molecule has 2 fully saturated rings. The van der Waals surface area contributed by atoms with Gasteiger partial charge in [-0.15, -0.1) is 5.10 Å². The predicted octanol–water partition coefficient (Wildman–Crippen LogP) is 5.60. The Morgan fingerprint density at radius 3 is 2.55 bits per heavy atom. The first-order chi connectivity index (χ1) is 19.4. The van der Waals surface area contributed by atoms with Crippen LogP contribution >= 0.6 is 23.4 Å². The zero-order chi connectivity index (χ0) is 27.8. The summed E-state index contributed by atoms with van der Waals surface area (Å²) in [6, 6.07) is 12.4. The topological polar surface area (TPSA) is 80.5 Å². The van der Waals surface area contributed by atoms with E-state index in [1.165, 1.54) is 28.8 Å². The lowest BCUT2D eigenvalue weighted by Gasteiger charge is -2.48. The van der Waals surface area contributed by atoms with E-state index in [4.69, 9.17) is 30.5 Å². The van der Waals surface area contributed by atoms with Gasteiger partial charge in [-0.1, -0.05) is 58.9 Å². The second-order valence-electron chi connectivity index (χ2n) is 9.20. The van der Waals surface area contributed by atoms with Gasteiger partial charge in [0.1, 0.15) is 35.5 Å². The minimum absolute atomic E-state index is 0.0335. The monoisotopic (exact) mass is 590 g/mol. The highest BCUT2D eigenvalue weighted by atomic mass is 35.5. The molecule has 0 N–H and O–H groups in total. The number of pyridine rings is 1. The third-order valence-electron chi connectivity index (χ3n) is 6.68. The second kappa shape index (κ2) is 11.5. The summed E-state index contributed by atoms with van der Waals surface area (Å²) >= 11 is 7.51. The Labute approximate surface area is 236 Å². The fourth-order valence-corrected chi connectivity index (χ4v) is 6.27. The molecule has 4 aromatic rings. The highest BCUT2D eigenvalue weighted by Gasteiger charge is 2.52. The Hall–Kier alpha value is -3.00. The highest BCUT2D eigenvalue weighted by Crippen LogP contribution is 2.44. The quantitative estimate of drug-likeness (QED) is 0.269. The number of benzene rings is 2. The number of hydrogen-bond acceptors (Lipinski definition) is 8. The van der Waals surface area contributed by atoms with Gasteiger partial charge in [-0.2, -0.15) is 0 Å². The van der Waals surface area contributed by atoms with Crippen LogP contribution in [0.2, 0.25) is 5.02 Å². The normalized spacial score (nSPS) is 26.4. The van der Waals surface area contributed by atoms with Crippen molar-refractivity contribution in [2.45, 2.75) is 41.0 Å². The third-order valence-corrected chi connectivity index (χ3v) is 7.99. The van der Waals surface area contributed by atoms with E-state index in [9.17, 15) is 13.2 Å². The van der Waals surface area contributed by atoms with E-state index >= 15 is 0 Å². The summed E-state index contributed by atoms with van der Waals surface area (Å²) in [7, 11) is 1.54. The van der Waals surface area contributed by atoms with Crippen LogP contribution in [0.4, 0.5) is 13.2 Å². The molecule has 0 bridgehead atoms. The standard InChI is InChI=1S/C27H22ClF3N4O4S/c1-36-25-23(35-12-20(33-34-35)15-7-18(29)22(31)19(30)8-15)24-21(13-37-26(39-24)14-5-3-2-4-6-14)38-27(25)40-17-9-16(28)10-32-11-17/h2-12,21,23-27H,13H2,1H3. The maximum atomic E-state index is 14.0. The van der Waals surface area contributed by atoms with E-state index in [1.54, 1.807) is 19.4 Å². The van der Waals surface area contributed by atoms with Crippen LogP contribution in [0.25, 0.3) is 11.3 Å². The summed E-state index contributed by atoms with van der Waals surface area (Å²) < 4.78 is 67.8. The van der Waals surface area contributed by atoms with Crippen LogP contribution in [0.5, 0.6) is 0 Å². The maximum absolute atomic E-state index is 14.0. The zero-order valence-electron chi connectivity index (χ0n) is 20.9. The molecule has 6 rings (SSSR count). The molecule has 2 aromatic heterocycles. The Morgan fingerprint density at radius 2 is 1.82 bits per heavy atom. The van der Waals surface area contributed by atoms with Crippen molar-refractivity contribution in [1.82, 2.24) is 20.0 Å². The number of methoxy groups -OCH3 is 1. The molecule has 2 aromatic carbocycles. The summed E-state index contributed by atoms with van der Waals surface area (Å²) in [5.74, 6) is -4.20. The van der Waals surface area contributed by atoms with Crippen molar-refractivity contribution < 1.29 is 32.1 Å². The average Bonchev–Trinajstić information content (AvgIpc) is 3.45. The molecule has 6 unspecified atom stereocenters. The first-order valence-electron chi connectivity index (χ1n) is 12.3. The number of fused-ring (bicyclic) bond motifs is 1. The number of thioether (sulfide) groups is 1. The van der Waals surface area contributed by atoms with Gasteiger partial charge in [0, 0.05) is 35.5 Å². The van der Waals surface area contributed by atoms with E-state index in [-0.39, 0.29) is 17.9 Å². The molecule has 2 aliphatic rings. The van der Waals surface area contributed by atoms with Crippen LogP contribution in [0.3, 0.4) is 0 Å². The highest BCUT2D eigenvalue weighted by molar-refractivity contribution is 7.99. The largest absolute Gasteiger partial charge is 0.375 e. The lowest BCUT2D eigenvalue weighted by molar-refractivity contribution is -0.308. The summed E-state index contributed by atoms with van der Waals surface area (Å²) in [5.41, 5.74) is 0.439. The summed E-state index contributed by atoms with van der Waals surface area (Å²) in [6.07, 6.45) is 2.29. The van der Waals surface area contributed by atoms with Crippen molar-refractivity contribution in [3.8, 4) is 11.3 Å². The third kappa shape index (κ3) is 5.35. The molecule has 40 heavy (non-hydrogen) atoms. The van der Waals surface area contributed by atoms with Crippen LogP contribution in [-0.2, 0) is 18.9 Å². The fourth-order valence-electron chi connectivity index (χ4n) is 4.84. The van der Waals surface area contributed by atoms with Crippen LogP contribution in [-0.4, -0.2) is 57.4 Å². The van der Waals surface area contributed by atoms with Crippen molar-refractivity contribution in [2.75, 3.05) is 13.7 Å². The molecule has 0 spiro atoms. The van der Waals surface area contributed by atoms with Crippen molar-refractivity contribution in [2.24, 2.45) is 0 Å². The summed E-state index contributed by atoms with van der Waals surface area (Å²) in [6.45, 7) is 0.220. The molecule has 0 aliphatic carbocycles. The molecule has 208 valence electrons. The second-order valence-corrected chi connectivity index (χ2v) is 10.8. The van der Waals surface area contributed by atoms with Gasteiger partial charge in [0.15, 0.2) is 23.7 Å². The van der Waals surface area contributed by atoms with Crippen LogP contribution in [0.1, 0.15) is 17.9 Å². The molecular formula is C27H22ClF3N4O4S. The number of hydrogen-bond donors (Lipinski definition) is 0. The van der Waals surface area contributed by atoms with Gasteiger partial charge < -0.3 is 18.9 Å². The van der Waals surface area contributed by atoms with Crippen LogP contribution < -0.4 is 0 Å². The van der Waals surface area contributed by atoms with E-state index in [1.807, 2.05) is 30.3 Å². The average molecular weight is 591 g/mol. The number of aromatic nitrogens is 4. The van der Waals surface area contributed by atoms with Gasteiger partial charge in [-0.05, 0) is 18.2 Å². The number of halogens is 4. The molecule has 4 heterocycles. The van der Waals surface area contributed by atoms with Crippen molar-refractivity contribution in [3.05, 3.63) is 95.2 Å². The number of rotatable bonds is 6. The first kappa shape index (κ1) is 27.2. The Balaban J connectivity index is 1.37. The fraction of sp³-hybridized carbons (Fsp3) is 0.296. The number of nitrogens with zero attached hydrogens (tertiary/aromatic N) is 4. The lowest BCUT2D eigenvalue weighted by Crippen LogP contribution is -2.59. The predicted molar refractivity (Wildman–Crippen MR) is 139 cm³/mol. The Morgan fingerprint density at radius 1 is 1.05 bits per heavy atom. The first-order valence-corrected chi connectivity index (χ1v) is 13.5. The van der Waals surface area contributed by atoms with Crippen LogP contribution in [0.15, 0.2) is 72.0 Å². The van der Waals surface area contributed by atoms with E-state index < -0.39 is 53.5 Å². The zero-order valence-corrected chi connectivity index (χ0v) is 22.4. The molecular weight excluding hydrogens is 569 g/mol. The van der Waals surface area contributed by atoms with Gasteiger partial charge >= 0.3 is 0 Å². The SMILES string of the molecule is COC1C(Sc2cncc(Cl)c2)OC2COC(c3ccccc3)OC2C1n1cc(-c2cc(F)c(F)c(F)c2)nn1. The van der Waals surface area contributed by atoms with Gasteiger partial charge in [0.25, 0.3) is 0 Å². The molecule has 0 amide bonds. The molecule has 0 radical (unpaired) electrons. The Bertz CT molecular complexity index is 1480. The smallest absolute Gasteiger partial charge is 0.194 e. The molecule has 2 aliphatic heterocycles. The van der Waals surface area contributed by atoms with Gasteiger partial charge in [-0.3, -0.25) is 4.98 Å². The van der Waals surface area contributed by atoms with Crippen LogP contribution in [0, 0.1) is 17.5 Å². The van der Waals surface area contributed by atoms with E-state index in [2.05, 4.69) is 15.3 Å². The molecule has 2 saturated heterocycles. The maximum Gasteiger partial charge on any atom is 0.194 e. The van der Waals surface area contributed by atoms with Crippen molar-refractivity contribution in [3.63, 3.8) is 0 Å². The Kier molecular flexibility index (Phi) is 7.80. The van der Waals surface area contributed by atoms with Gasteiger partial charge in [-0.25, -0.2) is 17.9 Å². The lowest BCUT2D eigenvalue weighted by atomic mass is 9.95. The molecule has 13 heteroatoms. The number of ether oxygens (including phenoxy) is 4. The molecule has 6 atom stereocenters. The van der Waals surface area contributed by atoms with E-state index in [0.29, 0.717) is 5.02 Å². The molecule has 8 nitrogen and oxygen atoms in total. The van der Waals surface area contributed by atoms with Crippen molar-refractivity contribution >= 4 is 23.4 Å².